The first kappa shape index (κ1) is 25.7. The zero-order valence-corrected chi connectivity index (χ0v) is 22.0. The van der Waals surface area contributed by atoms with E-state index in [2.05, 4.69) is 10.3 Å². The van der Waals surface area contributed by atoms with Gasteiger partial charge in [0.15, 0.2) is 5.76 Å². The molecule has 2 aromatic heterocycles. The van der Waals surface area contributed by atoms with Gasteiger partial charge in [-0.1, -0.05) is 42.5 Å². The molecule has 2 amide bonds. The van der Waals surface area contributed by atoms with Crippen LogP contribution in [-0.2, 0) is 11.3 Å². The summed E-state index contributed by atoms with van der Waals surface area (Å²) in [7, 11) is 0. The Labute approximate surface area is 227 Å². The van der Waals surface area contributed by atoms with Crippen molar-refractivity contribution in [2.24, 2.45) is 0 Å². The number of ether oxygens (including phenoxy) is 1. The number of amides is 2. The number of aromatic nitrogens is 1. The number of benzene rings is 3. The van der Waals surface area contributed by atoms with Crippen molar-refractivity contribution >= 4 is 34.3 Å². The van der Waals surface area contributed by atoms with Crippen molar-refractivity contribution < 1.29 is 18.7 Å². The van der Waals surface area contributed by atoms with Gasteiger partial charge in [-0.25, -0.2) is 4.79 Å². The summed E-state index contributed by atoms with van der Waals surface area (Å²) in [6, 6.07) is 28.3. The van der Waals surface area contributed by atoms with Crippen molar-refractivity contribution in [1.29, 1.82) is 0 Å². The number of para-hydroxylation sites is 1. The third-order valence-corrected chi connectivity index (χ3v) is 6.01. The predicted molar refractivity (Wildman–Crippen MR) is 153 cm³/mol. The molecule has 7 nitrogen and oxygen atoms in total. The van der Waals surface area contributed by atoms with Crippen LogP contribution < -0.4 is 10.2 Å². The standard InChI is InChI=1S/C32H29N3O4/c1-32(2,3)39-31(37)34-26-12-14-27(15-13-26)35(30(36)29-20-25-6-4-5-7-28(25)38-29)21-22-8-10-23(11-9-22)24-16-18-33-19-17-24/h4-20H,21H2,1-3H3,(H,34,37). The maximum atomic E-state index is 13.8. The number of carbonyl (C=O) groups excluding carboxylic acids is 2. The second-order valence-electron chi connectivity index (χ2n) is 10.1. The Morgan fingerprint density at radius 3 is 2.21 bits per heavy atom. The first-order valence-electron chi connectivity index (χ1n) is 12.6. The summed E-state index contributed by atoms with van der Waals surface area (Å²) in [5.41, 5.74) is 4.35. The number of carbonyl (C=O) groups is 2. The normalized spacial score (nSPS) is 11.3. The summed E-state index contributed by atoms with van der Waals surface area (Å²) >= 11 is 0. The van der Waals surface area contributed by atoms with Gasteiger partial charge < -0.3 is 14.1 Å². The van der Waals surface area contributed by atoms with E-state index in [-0.39, 0.29) is 11.7 Å². The molecule has 0 saturated carbocycles. The highest BCUT2D eigenvalue weighted by Gasteiger charge is 2.23. The van der Waals surface area contributed by atoms with Gasteiger partial charge >= 0.3 is 6.09 Å². The molecule has 5 rings (SSSR count). The Balaban J connectivity index is 1.42. The quantitative estimate of drug-likeness (QED) is 0.249. The van der Waals surface area contributed by atoms with Gasteiger partial charge in [-0.15, -0.1) is 0 Å². The molecule has 2 heterocycles. The zero-order chi connectivity index (χ0) is 27.4. The minimum Gasteiger partial charge on any atom is -0.451 e. The number of pyridine rings is 1. The third kappa shape index (κ3) is 6.33. The molecule has 0 spiro atoms. The van der Waals surface area contributed by atoms with E-state index >= 15 is 0 Å². The molecule has 0 saturated heterocycles. The number of rotatable bonds is 6. The fraction of sp³-hybridized carbons (Fsp3) is 0.156. The SMILES string of the molecule is CC(C)(C)OC(=O)Nc1ccc(N(Cc2ccc(-c3ccncc3)cc2)C(=O)c2cc3ccccc3o2)cc1. The molecule has 0 aliphatic heterocycles. The smallest absolute Gasteiger partial charge is 0.412 e. The van der Waals surface area contributed by atoms with Gasteiger partial charge in [-0.3, -0.25) is 15.1 Å². The third-order valence-electron chi connectivity index (χ3n) is 6.01. The minimum absolute atomic E-state index is 0.251. The molecular formula is C32H29N3O4. The highest BCUT2D eigenvalue weighted by atomic mass is 16.6. The number of nitrogens with one attached hydrogen (secondary N) is 1. The highest BCUT2D eigenvalue weighted by molar-refractivity contribution is 6.06. The van der Waals surface area contributed by atoms with E-state index in [1.54, 1.807) is 68.4 Å². The van der Waals surface area contributed by atoms with Crippen LogP contribution >= 0.6 is 0 Å². The average Bonchev–Trinajstić information content (AvgIpc) is 3.36. The van der Waals surface area contributed by atoms with Crippen LogP contribution in [0.4, 0.5) is 16.2 Å². The lowest BCUT2D eigenvalue weighted by Gasteiger charge is -2.23. The summed E-state index contributed by atoms with van der Waals surface area (Å²) in [4.78, 5) is 31.7. The van der Waals surface area contributed by atoms with Crippen molar-refractivity contribution in [2.75, 3.05) is 10.2 Å². The van der Waals surface area contributed by atoms with E-state index in [1.807, 2.05) is 60.7 Å². The van der Waals surface area contributed by atoms with E-state index < -0.39 is 11.7 Å². The fourth-order valence-corrected chi connectivity index (χ4v) is 4.18. The molecular weight excluding hydrogens is 490 g/mol. The van der Waals surface area contributed by atoms with E-state index in [1.165, 1.54) is 0 Å². The van der Waals surface area contributed by atoms with Crippen molar-refractivity contribution in [3.05, 3.63) is 115 Å². The molecule has 0 atom stereocenters. The number of furan rings is 1. The number of nitrogens with zero attached hydrogens (tertiary/aromatic N) is 2. The Kier molecular flexibility index (Phi) is 7.14. The van der Waals surface area contributed by atoms with Crippen LogP contribution in [0.15, 0.2) is 108 Å². The Hall–Kier alpha value is -4.91. The van der Waals surface area contributed by atoms with Gasteiger partial charge in [-0.2, -0.15) is 0 Å². The largest absolute Gasteiger partial charge is 0.451 e. The molecule has 0 aliphatic rings. The van der Waals surface area contributed by atoms with Crippen molar-refractivity contribution in [3.8, 4) is 11.1 Å². The van der Waals surface area contributed by atoms with Crippen molar-refractivity contribution in [3.63, 3.8) is 0 Å². The summed E-state index contributed by atoms with van der Waals surface area (Å²) in [6.45, 7) is 5.74. The van der Waals surface area contributed by atoms with E-state index in [4.69, 9.17) is 9.15 Å². The fourth-order valence-electron chi connectivity index (χ4n) is 4.18. The van der Waals surface area contributed by atoms with Crippen molar-refractivity contribution in [2.45, 2.75) is 32.9 Å². The molecule has 0 bridgehead atoms. The maximum Gasteiger partial charge on any atom is 0.412 e. The molecule has 0 unspecified atom stereocenters. The topological polar surface area (TPSA) is 84.7 Å². The minimum atomic E-state index is -0.604. The molecule has 0 fully saturated rings. The van der Waals surface area contributed by atoms with E-state index in [9.17, 15) is 9.59 Å². The molecule has 1 N–H and O–H groups in total. The average molecular weight is 520 g/mol. The number of anilines is 2. The van der Waals surface area contributed by atoms with E-state index in [0.717, 1.165) is 22.1 Å². The van der Waals surface area contributed by atoms with Gasteiger partial charge in [0.25, 0.3) is 5.91 Å². The first-order chi connectivity index (χ1) is 18.7. The number of hydrogen-bond donors (Lipinski definition) is 1. The molecule has 0 radical (unpaired) electrons. The number of fused-ring (bicyclic) bond motifs is 1. The molecule has 3 aromatic carbocycles. The molecule has 196 valence electrons. The Morgan fingerprint density at radius 2 is 1.54 bits per heavy atom. The van der Waals surface area contributed by atoms with Gasteiger partial charge in [0.05, 0.1) is 6.54 Å². The summed E-state index contributed by atoms with van der Waals surface area (Å²) in [6.07, 6.45) is 2.98. The molecule has 7 heteroatoms. The number of hydrogen-bond acceptors (Lipinski definition) is 5. The van der Waals surface area contributed by atoms with Crippen LogP contribution in [0.5, 0.6) is 0 Å². The summed E-state index contributed by atoms with van der Waals surface area (Å²) in [5, 5.41) is 3.59. The maximum absolute atomic E-state index is 13.8. The van der Waals surface area contributed by atoms with Crippen LogP contribution in [0.2, 0.25) is 0 Å². The van der Waals surface area contributed by atoms with Gasteiger partial charge in [0, 0.05) is 29.2 Å². The van der Waals surface area contributed by atoms with Gasteiger partial charge in [-0.05, 0) is 86.0 Å². The highest BCUT2D eigenvalue weighted by Crippen LogP contribution is 2.27. The first-order valence-corrected chi connectivity index (χ1v) is 12.6. The second-order valence-corrected chi connectivity index (χ2v) is 10.1. The molecule has 5 aromatic rings. The van der Waals surface area contributed by atoms with Crippen LogP contribution in [0.25, 0.3) is 22.1 Å². The monoisotopic (exact) mass is 519 g/mol. The van der Waals surface area contributed by atoms with Crippen LogP contribution in [-0.4, -0.2) is 22.6 Å². The summed E-state index contributed by atoms with van der Waals surface area (Å²) < 4.78 is 11.2. The van der Waals surface area contributed by atoms with Crippen LogP contribution in [0.3, 0.4) is 0 Å². The summed E-state index contributed by atoms with van der Waals surface area (Å²) in [5.74, 6) is -0.0159. The molecule has 39 heavy (non-hydrogen) atoms. The predicted octanol–water partition coefficient (Wildman–Crippen LogP) is 7.69. The lowest BCUT2D eigenvalue weighted by atomic mass is 10.0. The van der Waals surface area contributed by atoms with Gasteiger partial charge in [0.2, 0.25) is 0 Å². The Bertz CT molecular complexity index is 1550. The lowest BCUT2D eigenvalue weighted by molar-refractivity contribution is 0.0635. The lowest BCUT2D eigenvalue weighted by Crippen LogP contribution is -2.30. The van der Waals surface area contributed by atoms with Crippen LogP contribution in [0, 0.1) is 0 Å². The van der Waals surface area contributed by atoms with Gasteiger partial charge in [0.1, 0.15) is 11.2 Å². The van der Waals surface area contributed by atoms with E-state index in [0.29, 0.717) is 23.5 Å². The van der Waals surface area contributed by atoms with Crippen molar-refractivity contribution in [1.82, 2.24) is 4.98 Å². The van der Waals surface area contributed by atoms with Crippen LogP contribution in [0.1, 0.15) is 36.9 Å². The molecule has 0 aliphatic carbocycles. The Morgan fingerprint density at radius 1 is 0.872 bits per heavy atom. The second kappa shape index (κ2) is 10.8. The zero-order valence-electron chi connectivity index (χ0n) is 22.0.